The molecule has 1 unspecified atom stereocenters. The minimum Gasteiger partial charge on any atom is -0.443 e. The second-order valence-corrected chi connectivity index (χ2v) is 9.52. The molecule has 1 aliphatic carbocycles. The fraction of sp³-hybridized carbons (Fsp3) is 0.947. The summed E-state index contributed by atoms with van der Waals surface area (Å²) in [6, 6.07) is 0. The van der Waals surface area contributed by atoms with Crippen molar-refractivity contribution in [3.8, 4) is 0 Å². The first-order valence-electron chi connectivity index (χ1n) is 9.50. The monoisotopic (exact) mass is 319 g/mol. The SMILES string of the molecule is C[C@H]1C[C@@H]2CN3C45CCC[C@](C)(CC(=O)O4)[C@]5(C)CC[C@@]3(C1)O2. The Labute approximate surface area is 138 Å². The Morgan fingerprint density at radius 3 is 2.83 bits per heavy atom. The van der Waals surface area contributed by atoms with E-state index in [-0.39, 0.29) is 22.5 Å². The van der Waals surface area contributed by atoms with Crippen LogP contribution in [0.1, 0.15) is 72.1 Å². The van der Waals surface area contributed by atoms with Crippen molar-refractivity contribution in [2.24, 2.45) is 16.7 Å². The first-order chi connectivity index (χ1) is 10.8. The van der Waals surface area contributed by atoms with Crippen LogP contribution >= 0.6 is 0 Å². The lowest BCUT2D eigenvalue weighted by molar-refractivity contribution is -0.350. The van der Waals surface area contributed by atoms with Gasteiger partial charge >= 0.3 is 5.97 Å². The molecule has 1 saturated carbocycles. The summed E-state index contributed by atoms with van der Waals surface area (Å²) in [6.45, 7) is 8.04. The largest absolute Gasteiger partial charge is 0.443 e. The number of esters is 1. The molecule has 4 heterocycles. The maximum atomic E-state index is 12.5. The van der Waals surface area contributed by atoms with Crippen LogP contribution < -0.4 is 0 Å². The summed E-state index contributed by atoms with van der Waals surface area (Å²) in [4.78, 5) is 15.1. The number of fused-ring (bicyclic) bond motifs is 1. The van der Waals surface area contributed by atoms with E-state index in [1.54, 1.807) is 0 Å². The lowest BCUT2D eigenvalue weighted by Gasteiger charge is -2.70. The molecule has 0 N–H and O–H groups in total. The Morgan fingerprint density at radius 1 is 1.17 bits per heavy atom. The Hall–Kier alpha value is -0.610. The zero-order chi connectivity index (χ0) is 16.1. The predicted molar refractivity (Wildman–Crippen MR) is 85.4 cm³/mol. The molecule has 4 saturated heterocycles. The van der Waals surface area contributed by atoms with Gasteiger partial charge in [-0.05, 0) is 49.9 Å². The maximum Gasteiger partial charge on any atom is 0.308 e. The van der Waals surface area contributed by atoms with Gasteiger partial charge in [0.2, 0.25) is 0 Å². The standard InChI is InChI=1S/C19H29NO3/c1-13-9-14-12-20-18(10-13,22-14)8-7-17(3)16(2)5-4-6-19(17,20)23-15(21)11-16/h13-14H,4-12H2,1-3H3/t13-,14+,16+,17-,18-,19?/m0/s1. The highest BCUT2D eigenvalue weighted by molar-refractivity contribution is 5.72. The molecule has 5 rings (SSSR count). The van der Waals surface area contributed by atoms with E-state index in [0.717, 1.165) is 51.5 Å². The van der Waals surface area contributed by atoms with Gasteiger partial charge in [0.15, 0.2) is 5.72 Å². The molecule has 0 amide bonds. The van der Waals surface area contributed by atoms with Gasteiger partial charge in [0, 0.05) is 18.4 Å². The molecule has 0 aromatic heterocycles. The Balaban J connectivity index is 1.66. The third-order valence-corrected chi connectivity index (χ3v) is 8.30. The van der Waals surface area contributed by atoms with E-state index in [0.29, 0.717) is 18.4 Å². The van der Waals surface area contributed by atoms with Gasteiger partial charge in [0.1, 0.15) is 5.72 Å². The Morgan fingerprint density at radius 2 is 2.00 bits per heavy atom. The highest BCUT2D eigenvalue weighted by atomic mass is 16.6. The van der Waals surface area contributed by atoms with Gasteiger partial charge in [0.05, 0.1) is 12.5 Å². The lowest BCUT2D eigenvalue weighted by Crippen LogP contribution is -2.77. The molecule has 4 bridgehead atoms. The number of nitrogens with zero attached hydrogens (tertiary/aromatic N) is 1. The molecule has 5 fully saturated rings. The van der Waals surface area contributed by atoms with Gasteiger partial charge in [0.25, 0.3) is 0 Å². The topological polar surface area (TPSA) is 38.8 Å². The van der Waals surface area contributed by atoms with E-state index in [4.69, 9.17) is 9.47 Å². The van der Waals surface area contributed by atoms with Crippen molar-refractivity contribution in [1.82, 2.24) is 4.90 Å². The van der Waals surface area contributed by atoms with Crippen LogP contribution in [0, 0.1) is 16.7 Å². The third kappa shape index (κ3) is 1.53. The molecular formula is C19H29NO3. The number of piperidine rings is 1. The number of hydrogen-bond acceptors (Lipinski definition) is 4. The fourth-order valence-corrected chi connectivity index (χ4v) is 7.07. The minimum absolute atomic E-state index is 0.0104. The van der Waals surface area contributed by atoms with Gasteiger partial charge in [-0.3, -0.25) is 4.79 Å². The summed E-state index contributed by atoms with van der Waals surface area (Å²) in [5, 5.41) is 0. The van der Waals surface area contributed by atoms with Gasteiger partial charge in [-0.2, -0.15) is 0 Å². The smallest absolute Gasteiger partial charge is 0.308 e. The summed E-state index contributed by atoms with van der Waals surface area (Å²) in [5.41, 5.74) is -0.462. The fourth-order valence-electron chi connectivity index (χ4n) is 7.07. The number of carbonyl (C=O) groups is 1. The van der Waals surface area contributed by atoms with E-state index < -0.39 is 5.72 Å². The first-order valence-corrected chi connectivity index (χ1v) is 9.50. The second kappa shape index (κ2) is 4.13. The Bertz CT molecular complexity index is 579. The molecule has 5 aliphatic rings. The minimum atomic E-state index is -0.424. The van der Waals surface area contributed by atoms with Crippen LogP contribution in [0.5, 0.6) is 0 Å². The van der Waals surface area contributed by atoms with E-state index in [1.807, 2.05) is 0 Å². The number of rotatable bonds is 0. The molecule has 0 aromatic rings. The van der Waals surface area contributed by atoms with Gasteiger partial charge in [-0.15, -0.1) is 0 Å². The number of carbonyl (C=O) groups excluding carboxylic acids is 1. The van der Waals surface area contributed by atoms with E-state index in [1.165, 1.54) is 0 Å². The van der Waals surface area contributed by atoms with E-state index in [9.17, 15) is 4.79 Å². The summed E-state index contributed by atoms with van der Waals surface area (Å²) in [7, 11) is 0. The summed E-state index contributed by atoms with van der Waals surface area (Å²) < 4.78 is 12.8. The quantitative estimate of drug-likeness (QED) is 0.641. The molecule has 4 aliphatic heterocycles. The molecule has 128 valence electrons. The molecule has 4 nitrogen and oxygen atoms in total. The molecule has 0 aromatic carbocycles. The van der Waals surface area contributed by atoms with Crippen molar-refractivity contribution in [2.45, 2.75) is 89.7 Å². The zero-order valence-electron chi connectivity index (χ0n) is 14.7. The van der Waals surface area contributed by atoms with Gasteiger partial charge in [-0.25, -0.2) is 4.90 Å². The van der Waals surface area contributed by atoms with Crippen LogP contribution in [0.15, 0.2) is 0 Å². The highest BCUT2D eigenvalue weighted by Gasteiger charge is 2.75. The molecule has 0 radical (unpaired) electrons. The van der Waals surface area contributed by atoms with Crippen molar-refractivity contribution >= 4 is 5.97 Å². The van der Waals surface area contributed by atoms with Gasteiger partial charge < -0.3 is 9.47 Å². The predicted octanol–water partition coefficient (Wildman–Crippen LogP) is 3.45. The van der Waals surface area contributed by atoms with Crippen LogP contribution in [0.2, 0.25) is 0 Å². The van der Waals surface area contributed by atoms with E-state index >= 15 is 0 Å². The molecule has 4 heteroatoms. The van der Waals surface area contributed by atoms with E-state index in [2.05, 4.69) is 25.7 Å². The van der Waals surface area contributed by atoms with Crippen LogP contribution in [-0.2, 0) is 14.3 Å². The summed E-state index contributed by atoms with van der Waals surface area (Å²) >= 11 is 0. The van der Waals surface area contributed by atoms with Crippen LogP contribution in [-0.4, -0.2) is 35.0 Å². The van der Waals surface area contributed by atoms with Crippen molar-refractivity contribution in [3.05, 3.63) is 0 Å². The highest BCUT2D eigenvalue weighted by Crippen LogP contribution is 2.70. The maximum absolute atomic E-state index is 12.5. The molecular weight excluding hydrogens is 290 g/mol. The van der Waals surface area contributed by atoms with Crippen molar-refractivity contribution < 1.29 is 14.3 Å². The average Bonchev–Trinajstić information content (AvgIpc) is 2.72. The van der Waals surface area contributed by atoms with Crippen LogP contribution in [0.3, 0.4) is 0 Å². The third-order valence-electron chi connectivity index (χ3n) is 8.30. The molecule has 6 atom stereocenters. The van der Waals surface area contributed by atoms with Crippen molar-refractivity contribution in [3.63, 3.8) is 0 Å². The lowest BCUT2D eigenvalue weighted by atomic mass is 9.47. The van der Waals surface area contributed by atoms with Crippen LogP contribution in [0.4, 0.5) is 0 Å². The summed E-state index contributed by atoms with van der Waals surface area (Å²) in [5.74, 6) is 0.713. The number of ether oxygens (including phenoxy) is 2. The Kier molecular flexibility index (Phi) is 2.64. The second-order valence-electron chi connectivity index (χ2n) is 9.52. The zero-order valence-corrected chi connectivity index (χ0v) is 14.7. The number of hydrogen-bond donors (Lipinski definition) is 0. The molecule has 1 spiro atoms. The first kappa shape index (κ1) is 14.7. The van der Waals surface area contributed by atoms with Crippen LogP contribution in [0.25, 0.3) is 0 Å². The average molecular weight is 319 g/mol. The normalized spacial score (nSPS) is 58.3. The molecule has 23 heavy (non-hydrogen) atoms. The van der Waals surface area contributed by atoms with Crippen molar-refractivity contribution in [1.29, 1.82) is 0 Å². The summed E-state index contributed by atoms with van der Waals surface area (Å²) in [6.07, 6.45) is 8.67. The van der Waals surface area contributed by atoms with Crippen molar-refractivity contribution in [2.75, 3.05) is 6.54 Å². The van der Waals surface area contributed by atoms with Gasteiger partial charge in [-0.1, -0.05) is 20.8 Å².